The van der Waals surface area contributed by atoms with Gasteiger partial charge in [0.15, 0.2) is 0 Å². The second kappa shape index (κ2) is 5.82. The highest BCUT2D eigenvalue weighted by atomic mass is 16.5. The summed E-state index contributed by atoms with van der Waals surface area (Å²) < 4.78 is 4.62. The summed E-state index contributed by atoms with van der Waals surface area (Å²) in [6.45, 7) is 0. The number of hydrogen-bond acceptors (Lipinski definition) is 4. The normalized spacial score (nSPS) is 10.6. The highest BCUT2D eigenvalue weighted by Crippen LogP contribution is 2.14. The third-order valence-electron chi connectivity index (χ3n) is 2.54. The van der Waals surface area contributed by atoms with Gasteiger partial charge in [-0.25, -0.2) is 4.79 Å². The fourth-order valence-electron chi connectivity index (χ4n) is 1.51. The third-order valence-corrected chi connectivity index (χ3v) is 2.54. The fourth-order valence-corrected chi connectivity index (χ4v) is 1.51. The number of aliphatic imine (C=N–C) groups is 1. The molecule has 0 saturated heterocycles. The molecule has 0 aromatic heterocycles. The molecule has 0 spiro atoms. The summed E-state index contributed by atoms with van der Waals surface area (Å²) in [6, 6.07) is 13.5. The number of carbonyl (C=O) groups excluding carboxylic acids is 1. The Labute approximate surface area is 111 Å². The van der Waals surface area contributed by atoms with E-state index in [1.54, 1.807) is 54.7 Å². The number of aromatic hydroxyl groups is 1. The summed E-state index contributed by atoms with van der Waals surface area (Å²) in [5.74, 6) is -0.145. The lowest BCUT2D eigenvalue weighted by atomic mass is 10.2. The molecule has 0 fully saturated rings. The molecule has 4 nitrogen and oxygen atoms in total. The summed E-state index contributed by atoms with van der Waals surface area (Å²) in [7, 11) is 1.35. The fraction of sp³-hybridized carbons (Fsp3) is 0.0667. The van der Waals surface area contributed by atoms with E-state index in [0.717, 1.165) is 11.3 Å². The average Bonchev–Trinajstić information content (AvgIpc) is 2.46. The van der Waals surface area contributed by atoms with Gasteiger partial charge in [-0.15, -0.1) is 0 Å². The zero-order valence-corrected chi connectivity index (χ0v) is 10.4. The van der Waals surface area contributed by atoms with Crippen molar-refractivity contribution in [3.05, 3.63) is 59.7 Å². The molecule has 0 unspecified atom stereocenters. The Hall–Kier alpha value is -2.62. The molecule has 2 aromatic carbocycles. The molecule has 0 aliphatic rings. The van der Waals surface area contributed by atoms with Gasteiger partial charge < -0.3 is 9.84 Å². The molecule has 0 amide bonds. The Bertz CT molecular complexity index is 586. The Morgan fingerprint density at radius 3 is 2.32 bits per heavy atom. The highest BCUT2D eigenvalue weighted by Gasteiger charge is 2.03. The van der Waals surface area contributed by atoms with Crippen LogP contribution >= 0.6 is 0 Å². The molecule has 0 aliphatic carbocycles. The molecule has 19 heavy (non-hydrogen) atoms. The van der Waals surface area contributed by atoms with Crippen molar-refractivity contribution < 1.29 is 14.6 Å². The standard InChI is InChI=1S/C15H13NO3/c1-19-15(18)12-4-6-13(7-5-12)16-10-11-2-8-14(17)9-3-11/h2-10,17H,1H3. The van der Waals surface area contributed by atoms with Gasteiger partial charge in [0.25, 0.3) is 0 Å². The van der Waals surface area contributed by atoms with Gasteiger partial charge in [-0.3, -0.25) is 4.99 Å². The van der Waals surface area contributed by atoms with Crippen LogP contribution in [-0.2, 0) is 4.74 Å². The lowest BCUT2D eigenvalue weighted by Gasteiger charge is -1.99. The van der Waals surface area contributed by atoms with Crippen molar-refractivity contribution in [2.24, 2.45) is 4.99 Å². The molecule has 2 rings (SSSR count). The predicted molar refractivity (Wildman–Crippen MR) is 73.1 cm³/mol. The summed E-state index contributed by atoms with van der Waals surface area (Å²) >= 11 is 0. The maximum absolute atomic E-state index is 11.3. The van der Waals surface area contributed by atoms with Gasteiger partial charge in [0.1, 0.15) is 5.75 Å². The largest absolute Gasteiger partial charge is 0.508 e. The summed E-state index contributed by atoms with van der Waals surface area (Å²) in [5.41, 5.74) is 2.11. The van der Waals surface area contributed by atoms with Crippen LogP contribution in [0.25, 0.3) is 0 Å². The van der Waals surface area contributed by atoms with E-state index in [2.05, 4.69) is 9.73 Å². The Morgan fingerprint density at radius 1 is 1.11 bits per heavy atom. The topological polar surface area (TPSA) is 58.9 Å². The van der Waals surface area contributed by atoms with E-state index in [9.17, 15) is 4.79 Å². The predicted octanol–water partition coefficient (Wildman–Crippen LogP) is 2.93. The van der Waals surface area contributed by atoms with E-state index in [4.69, 9.17) is 5.11 Å². The Morgan fingerprint density at radius 2 is 1.74 bits per heavy atom. The minimum Gasteiger partial charge on any atom is -0.508 e. The Balaban J connectivity index is 2.11. The van der Waals surface area contributed by atoms with Crippen LogP contribution in [-0.4, -0.2) is 24.4 Å². The van der Waals surface area contributed by atoms with E-state index in [1.165, 1.54) is 7.11 Å². The monoisotopic (exact) mass is 255 g/mol. The number of phenolic OH excluding ortho intramolecular Hbond substituents is 1. The molecule has 0 radical (unpaired) electrons. The second-order valence-corrected chi connectivity index (χ2v) is 3.89. The smallest absolute Gasteiger partial charge is 0.337 e. The molecule has 2 aromatic rings. The molecule has 0 heterocycles. The van der Waals surface area contributed by atoms with Gasteiger partial charge in [0, 0.05) is 6.21 Å². The first-order chi connectivity index (χ1) is 9.19. The molecule has 96 valence electrons. The Kier molecular flexibility index (Phi) is 3.93. The minimum absolute atomic E-state index is 0.222. The molecule has 1 N–H and O–H groups in total. The number of benzene rings is 2. The maximum atomic E-state index is 11.3. The van der Waals surface area contributed by atoms with Crippen molar-refractivity contribution in [2.75, 3.05) is 7.11 Å². The average molecular weight is 255 g/mol. The molecule has 4 heteroatoms. The van der Waals surface area contributed by atoms with Gasteiger partial charge in [-0.1, -0.05) is 0 Å². The zero-order valence-electron chi connectivity index (χ0n) is 10.4. The summed E-state index contributed by atoms with van der Waals surface area (Å²) in [4.78, 5) is 15.5. The zero-order chi connectivity index (χ0) is 13.7. The van der Waals surface area contributed by atoms with Gasteiger partial charge in [-0.2, -0.15) is 0 Å². The lowest BCUT2D eigenvalue weighted by Crippen LogP contribution is -1.99. The number of ether oxygens (including phenoxy) is 1. The van der Waals surface area contributed by atoms with E-state index in [0.29, 0.717) is 5.56 Å². The summed E-state index contributed by atoms with van der Waals surface area (Å²) in [5, 5.41) is 9.16. The first kappa shape index (κ1) is 12.8. The van der Waals surface area contributed by atoms with Gasteiger partial charge in [0.2, 0.25) is 0 Å². The van der Waals surface area contributed by atoms with Crippen molar-refractivity contribution in [1.82, 2.24) is 0 Å². The molecule has 0 bridgehead atoms. The second-order valence-electron chi connectivity index (χ2n) is 3.89. The van der Waals surface area contributed by atoms with Crippen LogP contribution in [0.15, 0.2) is 53.5 Å². The molecular weight excluding hydrogens is 242 g/mol. The molecular formula is C15H13NO3. The third kappa shape index (κ3) is 3.42. The number of nitrogens with zero attached hydrogens (tertiary/aromatic N) is 1. The minimum atomic E-state index is -0.367. The molecule has 0 aliphatic heterocycles. The number of esters is 1. The van der Waals surface area contributed by atoms with Crippen molar-refractivity contribution >= 4 is 17.9 Å². The first-order valence-electron chi connectivity index (χ1n) is 5.70. The number of methoxy groups -OCH3 is 1. The van der Waals surface area contributed by atoms with Gasteiger partial charge >= 0.3 is 5.97 Å². The lowest BCUT2D eigenvalue weighted by molar-refractivity contribution is 0.0601. The van der Waals surface area contributed by atoms with Crippen LogP contribution in [0.3, 0.4) is 0 Å². The van der Waals surface area contributed by atoms with Crippen LogP contribution in [0.1, 0.15) is 15.9 Å². The van der Waals surface area contributed by atoms with Crippen LogP contribution < -0.4 is 0 Å². The highest BCUT2D eigenvalue weighted by molar-refractivity contribution is 5.90. The van der Waals surface area contributed by atoms with Crippen LogP contribution in [0.2, 0.25) is 0 Å². The van der Waals surface area contributed by atoms with E-state index in [1.807, 2.05) is 0 Å². The molecule has 0 saturated carbocycles. The van der Waals surface area contributed by atoms with E-state index >= 15 is 0 Å². The number of carbonyl (C=O) groups is 1. The van der Waals surface area contributed by atoms with Crippen LogP contribution in [0.4, 0.5) is 5.69 Å². The van der Waals surface area contributed by atoms with E-state index < -0.39 is 0 Å². The summed E-state index contributed by atoms with van der Waals surface area (Å²) in [6.07, 6.45) is 1.69. The number of phenols is 1. The first-order valence-corrected chi connectivity index (χ1v) is 5.70. The number of rotatable bonds is 3. The van der Waals surface area contributed by atoms with E-state index in [-0.39, 0.29) is 11.7 Å². The quantitative estimate of drug-likeness (QED) is 0.677. The molecule has 0 atom stereocenters. The van der Waals surface area contributed by atoms with Gasteiger partial charge in [-0.05, 0) is 54.1 Å². The van der Waals surface area contributed by atoms with Crippen LogP contribution in [0, 0.1) is 0 Å². The van der Waals surface area contributed by atoms with Crippen molar-refractivity contribution in [3.8, 4) is 5.75 Å². The number of hydrogen-bond donors (Lipinski definition) is 1. The maximum Gasteiger partial charge on any atom is 0.337 e. The van der Waals surface area contributed by atoms with Crippen molar-refractivity contribution in [2.45, 2.75) is 0 Å². The SMILES string of the molecule is COC(=O)c1ccc(N=Cc2ccc(O)cc2)cc1. The van der Waals surface area contributed by atoms with Crippen molar-refractivity contribution in [3.63, 3.8) is 0 Å². The van der Waals surface area contributed by atoms with Gasteiger partial charge in [0.05, 0.1) is 18.4 Å². The van der Waals surface area contributed by atoms with Crippen LogP contribution in [0.5, 0.6) is 5.75 Å². The van der Waals surface area contributed by atoms with Crippen molar-refractivity contribution in [1.29, 1.82) is 0 Å².